The van der Waals surface area contributed by atoms with Crippen LogP contribution in [0.25, 0.3) is 0 Å². The van der Waals surface area contributed by atoms with Gasteiger partial charge in [0.2, 0.25) is 0 Å². The summed E-state index contributed by atoms with van der Waals surface area (Å²) in [6.07, 6.45) is 0.617. The van der Waals surface area contributed by atoms with E-state index in [9.17, 15) is 9.59 Å². The number of nitrogens with one attached hydrogen (secondary N) is 3. The Labute approximate surface area is 203 Å². The van der Waals surface area contributed by atoms with Crippen molar-refractivity contribution in [1.29, 1.82) is 0 Å². The predicted molar refractivity (Wildman–Crippen MR) is 134 cm³/mol. The minimum atomic E-state index is -0.391. The van der Waals surface area contributed by atoms with Gasteiger partial charge in [-0.3, -0.25) is 4.79 Å². The standard InChI is InChI=1S/C27H29N3O3S/c1-27(2,3)18-9-5-17(6-10-18)26(32)33-19-11-7-16(8-12-19)23-28-24(31)22-20-13-14-30(4)15-21(20)34-25(22)29-23/h5-12,23,29H,13-15H2,1-4H3,(H,28,31)/p+1/t23-/m1/s1. The van der Waals surface area contributed by atoms with Gasteiger partial charge in [-0.05, 0) is 46.4 Å². The molecule has 2 atom stereocenters. The topological polar surface area (TPSA) is 71.9 Å². The third-order valence-corrected chi connectivity index (χ3v) is 7.71. The normalized spacial score (nSPS) is 19.5. The first kappa shape index (κ1) is 22.6. The van der Waals surface area contributed by atoms with Crippen LogP contribution in [0.4, 0.5) is 5.00 Å². The zero-order valence-corrected chi connectivity index (χ0v) is 20.8. The van der Waals surface area contributed by atoms with Crippen LogP contribution in [-0.2, 0) is 18.4 Å². The maximum Gasteiger partial charge on any atom is 0.343 e. The summed E-state index contributed by atoms with van der Waals surface area (Å²) in [5, 5.41) is 7.52. The van der Waals surface area contributed by atoms with Crippen molar-refractivity contribution in [2.75, 3.05) is 18.9 Å². The zero-order chi connectivity index (χ0) is 24.0. The first-order valence-electron chi connectivity index (χ1n) is 11.6. The molecule has 1 amide bonds. The van der Waals surface area contributed by atoms with Gasteiger partial charge in [0.05, 0.1) is 29.6 Å². The molecule has 2 aliphatic rings. The van der Waals surface area contributed by atoms with Crippen LogP contribution in [0.5, 0.6) is 5.75 Å². The molecule has 3 N–H and O–H groups in total. The van der Waals surface area contributed by atoms with Crippen molar-refractivity contribution in [2.24, 2.45) is 0 Å². The Hall–Kier alpha value is -3.16. The lowest BCUT2D eigenvalue weighted by atomic mass is 9.87. The van der Waals surface area contributed by atoms with E-state index < -0.39 is 5.97 Å². The van der Waals surface area contributed by atoms with Crippen molar-refractivity contribution < 1.29 is 19.2 Å². The highest BCUT2D eigenvalue weighted by atomic mass is 32.1. The van der Waals surface area contributed by atoms with E-state index in [1.807, 2.05) is 24.3 Å². The molecule has 0 bridgehead atoms. The average Bonchev–Trinajstić information content (AvgIpc) is 3.17. The number of carbonyl (C=O) groups excluding carboxylic acids is 2. The van der Waals surface area contributed by atoms with Crippen LogP contribution in [0.2, 0.25) is 0 Å². The second kappa shape index (κ2) is 8.56. The lowest BCUT2D eigenvalue weighted by Gasteiger charge is -2.27. The molecule has 5 rings (SSSR count). The third kappa shape index (κ3) is 4.33. The van der Waals surface area contributed by atoms with Gasteiger partial charge in [0.1, 0.15) is 23.5 Å². The Morgan fingerprint density at radius 3 is 2.44 bits per heavy atom. The minimum Gasteiger partial charge on any atom is -0.423 e. The van der Waals surface area contributed by atoms with Gasteiger partial charge in [-0.15, -0.1) is 11.3 Å². The number of hydrogen-bond acceptors (Lipinski definition) is 5. The SMILES string of the molecule is C[NH+]1CCc2c(sc3c2C(=O)N[C@@H](c2ccc(OC(=O)c4ccc(C(C)(C)C)cc4)cc2)N3)C1. The Balaban J connectivity index is 1.27. The summed E-state index contributed by atoms with van der Waals surface area (Å²) in [6, 6.07) is 14.8. The molecule has 6 nitrogen and oxygen atoms in total. The highest BCUT2D eigenvalue weighted by Gasteiger charge is 2.33. The molecule has 0 fully saturated rings. The van der Waals surface area contributed by atoms with E-state index in [1.165, 1.54) is 20.9 Å². The predicted octanol–water partition coefficient (Wildman–Crippen LogP) is 3.69. The number of quaternary nitrogens is 1. The van der Waals surface area contributed by atoms with Crippen LogP contribution < -0.4 is 20.3 Å². The fourth-order valence-electron chi connectivity index (χ4n) is 4.50. The number of likely N-dealkylation sites (N-methyl/N-ethyl adjacent to an activating group) is 1. The van der Waals surface area contributed by atoms with E-state index in [2.05, 4.69) is 38.5 Å². The van der Waals surface area contributed by atoms with Crippen molar-refractivity contribution in [3.05, 3.63) is 81.2 Å². The van der Waals surface area contributed by atoms with Crippen molar-refractivity contribution in [3.8, 4) is 5.75 Å². The Bertz CT molecular complexity index is 1240. The van der Waals surface area contributed by atoms with E-state index in [-0.39, 0.29) is 17.5 Å². The number of amides is 1. The zero-order valence-electron chi connectivity index (χ0n) is 20.0. The number of ether oxygens (including phenoxy) is 1. The molecule has 7 heteroatoms. The summed E-state index contributed by atoms with van der Waals surface area (Å²) in [5.74, 6) is 0.0530. The van der Waals surface area contributed by atoms with Gasteiger partial charge >= 0.3 is 5.97 Å². The number of anilines is 1. The number of fused-ring (bicyclic) bond motifs is 3. The van der Waals surface area contributed by atoms with Crippen molar-refractivity contribution in [2.45, 2.75) is 45.3 Å². The maximum atomic E-state index is 12.9. The summed E-state index contributed by atoms with van der Waals surface area (Å²) in [6.45, 7) is 8.43. The molecule has 3 aromatic rings. The monoisotopic (exact) mass is 476 g/mol. The van der Waals surface area contributed by atoms with E-state index >= 15 is 0 Å². The quantitative estimate of drug-likeness (QED) is 0.398. The smallest absolute Gasteiger partial charge is 0.343 e. The van der Waals surface area contributed by atoms with E-state index in [1.54, 1.807) is 35.6 Å². The largest absolute Gasteiger partial charge is 0.423 e. The van der Waals surface area contributed by atoms with Crippen molar-refractivity contribution >= 4 is 28.2 Å². The molecule has 0 spiro atoms. The van der Waals surface area contributed by atoms with E-state index in [4.69, 9.17) is 4.74 Å². The highest BCUT2D eigenvalue weighted by Crippen LogP contribution is 2.39. The minimum absolute atomic E-state index is 0.0231. The van der Waals surface area contributed by atoms with Gasteiger partial charge in [0.15, 0.2) is 0 Å². The lowest BCUT2D eigenvalue weighted by molar-refractivity contribution is -0.895. The summed E-state index contributed by atoms with van der Waals surface area (Å²) >= 11 is 1.69. The molecule has 2 aliphatic heterocycles. The second-order valence-electron chi connectivity index (χ2n) is 10.2. The fraction of sp³-hybridized carbons (Fsp3) is 0.333. The van der Waals surface area contributed by atoms with Crippen LogP contribution in [0.3, 0.4) is 0 Å². The molecule has 3 heterocycles. The van der Waals surface area contributed by atoms with Crippen molar-refractivity contribution in [1.82, 2.24) is 5.32 Å². The fourth-order valence-corrected chi connectivity index (χ4v) is 5.89. The van der Waals surface area contributed by atoms with Gasteiger partial charge in [-0.1, -0.05) is 45.0 Å². The van der Waals surface area contributed by atoms with Crippen LogP contribution in [0.1, 0.15) is 69.2 Å². The first-order chi connectivity index (χ1) is 16.2. The van der Waals surface area contributed by atoms with Gasteiger partial charge in [0, 0.05) is 6.42 Å². The maximum absolute atomic E-state index is 12.9. The van der Waals surface area contributed by atoms with Crippen LogP contribution >= 0.6 is 11.3 Å². The van der Waals surface area contributed by atoms with Crippen LogP contribution in [0.15, 0.2) is 48.5 Å². The highest BCUT2D eigenvalue weighted by molar-refractivity contribution is 7.16. The first-order valence-corrected chi connectivity index (χ1v) is 12.5. The Morgan fingerprint density at radius 1 is 1.06 bits per heavy atom. The van der Waals surface area contributed by atoms with E-state index in [0.717, 1.165) is 35.6 Å². The van der Waals surface area contributed by atoms with Gasteiger partial charge in [0.25, 0.3) is 5.91 Å². The molecular weight excluding hydrogens is 446 g/mol. The van der Waals surface area contributed by atoms with Gasteiger partial charge in [-0.2, -0.15) is 0 Å². The molecule has 2 aromatic carbocycles. The summed E-state index contributed by atoms with van der Waals surface area (Å²) in [4.78, 5) is 28.3. The molecule has 1 unspecified atom stereocenters. The molecular formula is C27H30N3O3S+. The molecule has 0 aliphatic carbocycles. The molecule has 1 aromatic heterocycles. The molecule has 0 saturated carbocycles. The molecule has 0 saturated heterocycles. The number of rotatable bonds is 3. The molecule has 176 valence electrons. The average molecular weight is 477 g/mol. The third-order valence-electron chi connectivity index (χ3n) is 6.54. The Kier molecular flexibility index (Phi) is 5.70. The molecule has 34 heavy (non-hydrogen) atoms. The van der Waals surface area contributed by atoms with E-state index in [0.29, 0.717) is 11.3 Å². The molecule has 0 radical (unpaired) electrons. The summed E-state index contributed by atoms with van der Waals surface area (Å²) < 4.78 is 5.56. The number of esters is 1. The number of thiophene rings is 1. The number of carbonyl (C=O) groups is 2. The number of hydrogen-bond donors (Lipinski definition) is 3. The van der Waals surface area contributed by atoms with Gasteiger partial charge in [-0.25, -0.2) is 4.79 Å². The van der Waals surface area contributed by atoms with Crippen molar-refractivity contribution in [3.63, 3.8) is 0 Å². The Morgan fingerprint density at radius 2 is 1.76 bits per heavy atom. The van der Waals surface area contributed by atoms with Crippen LogP contribution in [0, 0.1) is 0 Å². The second-order valence-corrected chi connectivity index (χ2v) is 11.3. The van der Waals surface area contributed by atoms with Crippen LogP contribution in [-0.4, -0.2) is 25.5 Å². The lowest BCUT2D eigenvalue weighted by Crippen LogP contribution is -3.08. The number of benzene rings is 2. The summed E-state index contributed by atoms with van der Waals surface area (Å²) in [5.41, 5.74) is 4.63. The summed E-state index contributed by atoms with van der Waals surface area (Å²) in [7, 11) is 2.19. The van der Waals surface area contributed by atoms with Gasteiger partial charge < -0.3 is 20.3 Å².